The molecule has 1 saturated heterocycles. The van der Waals surface area contributed by atoms with Crippen LogP contribution in [0.3, 0.4) is 0 Å². The monoisotopic (exact) mass is 313 g/mol. The minimum absolute atomic E-state index is 0.0542. The molecule has 122 valence electrons. The van der Waals surface area contributed by atoms with E-state index < -0.39 is 0 Å². The fraction of sp³-hybridized carbons (Fsp3) is 0.444. The summed E-state index contributed by atoms with van der Waals surface area (Å²) in [5, 5.41) is 7.06. The first-order valence-corrected chi connectivity index (χ1v) is 8.08. The number of carbonyl (C=O) groups excluding carboxylic acids is 1. The lowest BCUT2D eigenvalue weighted by Crippen LogP contribution is -2.35. The van der Waals surface area contributed by atoms with Gasteiger partial charge in [-0.2, -0.15) is 5.10 Å². The molecule has 23 heavy (non-hydrogen) atoms. The van der Waals surface area contributed by atoms with Crippen molar-refractivity contribution in [2.45, 2.75) is 25.9 Å². The van der Waals surface area contributed by atoms with Crippen LogP contribution in [0, 0.1) is 12.8 Å². The first-order chi connectivity index (χ1) is 11.1. The highest BCUT2D eigenvalue weighted by Crippen LogP contribution is 2.33. The van der Waals surface area contributed by atoms with Crippen LogP contribution in [0.2, 0.25) is 0 Å². The van der Waals surface area contributed by atoms with Crippen LogP contribution in [-0.2, 0) is 11.8 Å². The molecular weight excluding hydrogens is 290 g/mol. The Bertz CT molecular complexity index is 663. The molecule has 3 rings (SSSR count). The second-order valence-electron chi connectivity index (χ2n) is 6.22. The molecule has 0 radical (unpaired) electrons. The number of benzene rings is 1. The number of nitrogens with one attached hydrogen (secondary N) is 1. The van der Waals surface area contributed by atoms with Crippen LogP contribution in [0.1, 0.15) is 40.4 Å². The Morgan fingerprint density at radius 2 is 2.17 bits per heavy atom. The van der Waals surface area contributed by atoms with Gasteiger partial charge in [-0.25, -0.2) is 0 Å². The lowest BCUT2D eigenvalue weighted by molar-refractivity contribution is -0.0272. The van der Waals surface area contributed by atoms with Gasteiger partial charge in [0.05, 0.1) is 17.9 Å². The average Bonchev–Trinajstić information content (AvgIpc) is 3.00. The molecule has 1 aliphatic rings. The van der Waals surface area contributed by atoms with Gasteiger partial charge in [0, 0.05) is 32.3 Å². The number of aromatic nitrogens is 2. The van der Waals surface area contributed by atoms with Crippen molar-refractivity contribution in [3.05, 3.63) is 53.3 Å². The van der Waals surface area contributed by atoms with Gasteiger partial charge < -0.3 is 10.1 Å². The summed E-state index contributed by atoms with van der Waals surface area (Å²) in [5.74, 6) is 0.221. The van der Waals surface area contributed by atoms with Crippen LogP contribution in [0.5, 0.6) is 0 Å². The highest BCUT2D eigenvalue weighted by molar-refractivity contribution is 5.93. The lowest BCUT2D eigenvalue weighted by Gasteiger charge is -2.32. The van der Waals surface area contributed by atoms with E-state index in [9.17, 15) is 4.79 Å². The highest BCUT2D eigenvalue weighted by Gasteiger charge is 2.27. The highest BCUT2D eigenvalue weighted by atomic mass is 16.5. The molecule has 0 bridgehead atoms. The number of aryl methyl sites for hydroxylation is 2. The summed E-state index contributed by atoms with van der Waals surface area (Å²) < 4.78 is 7.62. The molecule has 0 spiro atoms. The minimum atomic E-state index is -0.0775. The number of hydrogen-bond donors (Lipinski definition) is 1. The molecule has 2 aromatic rings. The van der Waals surface area contributed by atoms with Crippen LogP contribution in [0.15, 0.2) is 36.7 Å². The predicted octanol–water partition coefficient (Wildman–Crippen LogP) is 2.63. The lowest BCUT2D eigenvalue weighted by atomic mass is 9.89. The third kappa shape index (κ3) is 3.79. The summed E-state index contributed by atoms with van der Waals surface area (Å²) in [4.78, 5) is 12.2. The molecule has 1 N–H and O–H groups in total. The van der Waals surface area contributed by atoms with Crippen molar-refractivity contribution in [2.24, 2.45) is 13.0 Å². The summed E-state index contributed by atoms with van der Waals surface area (Å²) in [6, 6.07) is 8.47. The van der Waals surface area contributed by atoms with Gasteiger partial charge in [0.2, 0.25) is 0 Å². The van der Waals surface area contributed by atoms with Gasteiger partial charge in [-0.05, 0) is 25.3 Å². The Labute approximate surface area is 136 Å². The molecular formula is C18H23N3O2. The van der Waals surface area contributed by atoms with Crippen molar-refractivity contribution in [2.75, 3.05) is 13.2 Å². The Kier molecular flexibility index (Phi) is 4.76. The summed E-state index contributed by atoms with van der Waals surface area (Å²) >= 11 is 0. The number of rotatable bonds is 4. The SMILES string of the molecule is Cc1ccc([C@H]2OCCC[C@@H]2CNC(=O)c2cnn(C)c2)cc1. The van der Waals surface area contributed by atoms with Crippen molar-refractivity contribution in [1.29, 1.82) is 0 Å². The second kappa shape index (κ2) is 6.96. The topological polar surface area (TPSA) is 56.1 Å². The maximum Gasteiger partial charge on any atom is 0.254 e. The van der Waals surface area contributed by atoms with Crippen LogP contribution in [0.4, 0.5) is 0 Å². The molecule has 0 unspecified atom stereocenters. The van der Waals surface area contributed by atoms with Crippen LogP contribution < -0.4 is 5.32 Å². The summed E-state index contributed by atoms with van der Waals surface area (Å²) in [6.45, 7) is 3.48. The zero-order valence-corrected chi connectivity index (χ0v) is 13.7. The largest absolute Gasteiger partial charge is 0.373 e. The molecule has 1 aromatic heterocycles. The number of nitrogens with zero attached hydrogens (tertiary/aromatic N) is 2. The predicted molar refractivity (Wildman–Crippen MR) is 88.1 cm³/mol. The second-order valence-corrected chi connectivity index (χ2v) is 6.22. The summed E-state index contributed by atoms with van der Waals surface area (Å²) in [5.41, 5.74) is 3.03. The van der Waals surface area contributed by atoms with E-state index in [-0.39, 0.29) is 12.0 Å². The van der Waals surface area contributed by atoms with E-state index in [1.165, 1.54) is 11.1 Å². The van der Waals surface area contributed by atoms with Gasteiger partial charge in [-0.3, -0.25) is 9.48 Å². The molecule has 2 atom stereocenters. The van der Waals surface area contributed by atoms with Gasteiger partial charge in [0.1, 0.15) is 0 Å². The quantitative estimate of drug-likeness (QED) is 0.944. The Morgan fingerprint density at radius 1 is 1.39 bits per heavy atom. The van der Waals surface area contributed by atoms with Crippen molar-refractivity contribution in [1.82, 2.24) is 15.1 Å². The third-order valence-electron chi connectivity index (χ3n) is 4.34. The molecule has 0 aliphatic carbocycles. The van der Waals surface area contributed by atoms with Crippen molar-refractivity contribution < 1.29 is 9.53 Å². The van der Waals surface area contributed by atoms with Gasteiger partial charge >= 0.3 is 0 Å². The van der Waals surface area contributed by atoms with Gasteiger partial charge in [0.15, 0.2) is 0 Å². The van der Waals surface area contributed by atoms with E-state index in [2.05, 4.69) is 41.6 Å². The van der Waals surface area contributed by atoms with E-state index >= 15 is 0 Å². The molecule has 2 heterocycles. The van der Waals surface area contributed by atoms with Gasteiger partial charge in [-0.15, -0.1) is 0 Å². The summed E-state index contributed by atoms with van der Waals surface area (Å²) in [6.07, 6.45) is 5.47. The maximum atomic E-state index is 12.2. The smallest absolute Gasteiger partial charge is 0.254 e. The average molecular weight is 313 g/mol. The molecule has 1 aromatic carbocycles. The van der Waals surface area contributed by atoms with E-state index in [1.807, 2.05) is 0 Å². The third-order valence-corrected chi connectivity index (χ3v) is 4.34. The van der Waals surface area contributed by atoms with E-state index in [0.717, 1.165) is 19.4 Å². The first kappa shape index (κ1) is 15.7. The molecule has 1 fully saturated rings. The minimum Gasteiger partial charge on any atom is -0.373 e. The fourth-order valence-corrected chi connectivity index (χ4v) is 3.04. The number of carbonyl (C=O) groups is 1. The van der Waals surface area contributed by atoms with Gasteiger partial charge in [0.25, 0.3) is 5.91 Å². The number of amides is 1. The van der Waals surface area contributed by atoms with Crippen LogP contribution >= 0.6 is 0 Å². The van der Waals surface area contributed by atoms with E-state index in [1.54, 1.807) is 24.1 Å². The summed E-state index contributed by atoms with van der Waals surface area (Å²) in [7, 11) is 1.80. The van der Waals surface area contributed by atoms with Crippen molar-refractivity contribution in [3.8, 4) is 0 Å². The number of ether oxygens (including phenoxy) is 1. The number of hydrogen-bond acceptors (Lipinski definition) is 3. The van der Waals surface area contributed by atoms with Crippen LogP contribution in [-0.4, -0.2) is 28.8 Å². The van der Waals surface area contributed by atoms with Crippen molar-refractivity contribution in [3.63, 3.8) is 0 Å². The molecule has 5 heteroatoms. The molecule has 1 aliphatic heterocycles. The fourth-order valence-electron chi connectivity index (χ4n) is 3.04. The Morgan fingerprint density at radius 3 is 2.87 bits per heavy atom. The molecule has 5 nitrogen and oxygen atoms in total. The Balaban J connectivity index is 1.64. The zero-order chi connectivity index (χ0) is 16.2. The van der Waals surface area contributed by atoms with Crippen molar-refractivity contribution >= 4 is 5.91 Å². The standard InChI is InChI=1S/C18H23N3O2/c1-13-5-7-14(8-6-13)17-15(4-3-9-23-17)10-19-18(22)16-11-20-21(2)12-16/h5-8,11-12,15,17H,3-4,9-10H2,1-2H3,(H,19,22)/t15-,17-/m1/s1. The first-order valence-electron chi connectivity index (χ1n) is 8.08. The Hall–Kier alpha value is -2.14. The van der Waals surface area contributed by atoms with E-state index in [4.69, 9.17) is 4.74 Å². The zero-order valence-electron chi connectivity index (χ0n) is 13.7. The normalized spacial score (nSPS) is 21.1. The molecule has 1 amide bonds. The maximum absolute atomic E-state index is 12.2. The van der Waals surface area contributed by atoms with E-state index in [0.29, 0.717) is 18.0 Å². The molecule has 0 saturated carbocycles. The van der Waals surface area contributed by atoms with Gasteiger partial charge in [-0.1, -0.05) is 29.8 Å². The van der Waals surface area contributed by atoms with Crippen LogP contribution in [0.25, 0.3) is 0 Å².